The summed E-state index contributed by atoms with van der Waals surface area (Å²) in [6.07, 6.45) is 2.85. The Labute approximate surface area is 162 Å². The van der Waals surface area contributed by atoms with Gasteiger partial charge in [0.05, 0.1) is 6.20 Å². The monoisotopic (exact) mass is 383 g/mol. The summed E-state index contributed by atoms with van der Waals surface area (Å²) in [4.78, 5) is 22.7. The number of amides is 1. The Morgan fingerprint density at radius 1 is 1.18 bits per heavy atom. The van der Waals surface area contributed by atoms with Crippen LogP contribution in [0.4, 0.5) is 9.18 Å². The van der Waals surface area contributed by atoms with Gasteiger partial charge in [-0.3, -0.25) is 4.98 Å². The quantitative estimate of drug-likeness (QED) is 0.883. The van der Waals surface area contributed by atoms with Crippen molar-refractivity contribution in [1.29, 1.82) is 0 Å². The number of aliphatic imine (C=N–C) groups is 1. The van der Waals surface area contributed by atoms with Crippen LogP contribution in [0.3, 0.4) is 0 Å². The number of carbonyl (C=O) groups excluding carboxylic acids is 1. The Morgan fingerprint density at radius 2 is 1.93 bits per heavy atom. The first-order chi connectivity index (χ1) is 13.6. The van der Waals surface area contributed by atoms with Gasteiger partial charge in [0, 0.05) is 30.4 Å². The molecule has 0 aliphatic carbocycles. The molecule has 1 amide bonds. The predicted octanol–water partition coefficient (Wildman–Crippen LogP) is 2.72. The molecule has 1 saturated heterocycles. The number of aromatic nitrogens is 1. The van der Waals surface area contributed by atoms with E-state index in [1.807, 2.05) is 13.0 Å². The van der Waals surface area contributed by atoms with Gasteiger partial charge >= 0.3 is 6.09 Å². The van der Waals surface area contributed by atoms with Gasteiger partial charge in [0.25, 0.3) is 0 Å². The largest absolute Gasteiger partial charge is 0.415 e. The molecule has 8 heteroatoms. The van der Waals surface area contributed by atoms with E-state index in [0.29, 0.717) is 25.5 Å². The number of likely N-dealkylation sites (tertiary alicyclic amines) is 1. The number of halogens is 1. The third kappa shape index (κ3) is 4.12. The zero-order valence-electron chi connectivity index (χ0n) is 15.6. The Morgan fingerprint density at radius 3 is 2.61 bits per heavy atom. The molecule has 1 aromatic heterocycles. The number of ether oxygens (including phenoxy) is 1. The molecule has 0 unspecified atom stereocenters. The lowest BCUT2D eigenvalue weighted by Crippen LogP contribution is -2.51. The molecular weight excluding hydrogens is 361 g/mol. The van der Waals surface area contributed by atoms with E-state index < -0.39 is 0 Å². The molecule has 0 bridgehead atoms. The van der Waals surface area contributed by atoms with Crippen LogP contribution < -0.4 is 10.2 Å². The molecular formula is C20H22FN5O2. The first-order valence-corrected chi connectivity index (χ1v) is 9.31. The average Bonchev–Trinajstić information content (AvgIpc) is 3.20. The summed E-state index contributed by atoms with van der Waals surface area (Å²) in [7, 11) is 0. The highest BCUT2D eigenvalue weighted by Crippen LogP contribution is 2.20. The summed E-state index contributed by atoms with van der Waals surface area (Å²) < 4.78 is 18.5. The lowest BCUT2D eigenvalue weighted by atomic mass is 10.1. The van der Waals surface area contributed by atoms with E-state index in [-0.39, 0.29) is 18.0 Å². The van der Waals surface area contributed by atoms with E-state index in [2.05, 4.69) is 20.4 Å². The van der Waals surface area contributed by atoms with Crippen molar-refractivity contribution >= 4 is 11.9 Å². The fourth-order valence-corrected chi connectivity index (χ4v) is 3.36. The Bertz CT molecular complexity index is 861. The Hall–Kier alpha value is -3.00. The number of aryl methyl sites for hydroxylation is 1. The molecule has 1 fully saturated rings. The van der Waals surface area contributed by atoms with Crippen molar-refractivity contribution < 1.29 is 13.9 Å². The number of hydrogen-bond acceptors (Lipinski definition) is 6. The predicted molar refractivity (Wildman–Crippen MR) is 102 cm³/mol. The molecule has 0 radical (unpaired) electrons. The second-order valence-corrected chi connectivity index (χ2v) is 6.96. The molecule has 2 aliphatic heterocycles. The summed E-state index contributed by atoms with van der Waals surface area (Å²) in [5.74, 6) is 0.935. The second-order valence-electron chi connectivity index (χ2n) is 6.96. The maximum Gasteiger partial charge on any atom is 0.415 e. The van der Waals surface area contributed by atoms with Crippen LogP contribution in [0, 0.1) is 12.7 Å². The van der Waals surface area contributed by atoms with Crippen LogP contribution in [-0.2, 0) is 0 Å². The van der Waals surface area contributed by atoms with Crippen LogP contribution in [0.5, 0.6) is 5.75 Å². The number of carbonyl (C=O) groups is 1. The number of hydrazine groups is 1. The van der Waals surface area contributed by atoms with Crippen LogP contribution in [-0.4, -0.2) is 52.6 Å². The van der Waals surface area contributed by atoms with E-state index in [4.69, 9.17) is 4.74 Å². The highest BCUT2D eigenvalue weighted by atomic mass is 19.1. The zero-order chi connectivity index (χ0) is 19.5. The van der Waals surface area contributed by atoms with Crippen molar-refractivity contribution in [2.24, 2.45) is 4.99 Å². The maximum atomic E-state index is 13.1. The number of nitrogens with one attached hydrogen (secondary N) is 1. The lowest BCUT2D eigenvalue weighted by Gasteiger charge is -2.35. The minimum absolute atomic E-state index is 0.264. The van der Waals surface area contributed by atoms with Gasteiger partial charge in [0.1, 0.15) is 18.3 Å². The average molecular weight is 383 g/mol. The highest BCUT2D eigenvalue weighted by molar-refractivity contribution is 5.99. The van der Waals surface area contributed by atoms with Crippen LogP contribution in [0.25, 0.3) is 0 Å². The fourth-order valence-electron chi connectivity index (χ4n) is 3.36. The summed E-state index contributed by atoms with van der Waals surface area (Å²) in [6.45, 7) is 3.66. The molecule has 4 rings (SSSR count). The molecule has 0 atom stereocenters. The lowest BCUT2D eigenvalue weighted by molar-refractivity contribution is 0.0925. The minimum atomic E-state index is -0.346. The topological polar surface area (TPSA) is 70.1 Å². The van der Waals surface area contributed by atoms with Crippen molar-refractivity contribution in [1.82, 2.24) is 20.3 Å². The normalized spacial score (nSPS) is 17.9. The van der Waals surface area contributed by atoms with Gasteiger partial charge in [0.15, 0.2) is 5.75 Å². The van der Waals surface area contributed by atoms with Gasteiger partial charge in [-0.25, -0.2) is 14.2 Å². The standard InChI is InChI=1S/C20H22FN5O2/c1-14-2-7-18(12-22-14)28-20(27)25-10-8-17(9-11-25)26-13-23-19(24-26)15-3-5-16(21)6-4-15/h2-7,12,17H,8-11,13H2,1H3,(H,23,24). The zero-order valence-corrected chi connectivity index (χ0v) is 15.6. The third-order valence-electron chi connectivity index (χ3n) is 5.00. The SMILES string of the molecule is Cc1ccc(OC(=O)N2CCC(N3CN=C(c4ccc(F)cc4)N3)CC2)cn1. The maximum absolute atomic E-state index is 13.1. The molecule has 3 heterocycles. The number of nitrogens with zero attached hydrogens (tertiary/aromatic N) is 4. The molecule has 28 heavy (non-hydrogen) atoms. The van der Waals surface area contributed by atoms with E-state index in [1.54, 1.807) is 29.3 Å². The van der Waals surface area contributed by atoms with Gasteiger partial charge < -0.3 is 15.1 Å². The number of hydrogen-bond donors (Lipinski definition) is 1. The van der Waals surface area contributed by atoms with Gasteiger partial charge in [-0.05, 0) is 56.2 Å². The number of piperidine rings is 1. The highest BCUT2D eigenvalue weighted by Gasteiger charge is 2.30. The first kappa shape index (κ1) is 18.4. The van der Waals surface area contributed by atoms with Crippen molar-refractivity contribution in [2.75, 3.05) is 19.8 Å². The van der Waals surface area contributed by atoms with Crippen LogP contribution in [0.1, 0.15) is 24.1 Å². The first-order valence-electron chi connectivity index (χ1n) is 9.31. The number of rotatable bonds is 3. The molecule has 0 saturated carbocycles. The van der Waals surface area contributed by atoms with E-state index in [9.17, 15) is 9.18 Å². The van der Waals surface area contributed by atoms with Crippen LogP contribution in [0.15, 0.2) is 47.6 Å². The fraction of sp³-hybridized carbons (Fsp3) is 0.350. The number of amidine groups is 1. The Balaban J connectivity index is 1.27. The smallest absolute Gasteiger partial charge is 0.409 e. The molecule has 2 aromatic rings. The molecule has 146 valence electrons. The van der Waals surface area contributed by atoms with E-state index in [1.165, 1.54) is 12.1 Å². The Kier molecular flexibility index (Phi) is 5.21. The molecule has 0 spiro atoms. The van der Waals surface area contributed by atoms with Crippen LogP contribution >= 0.6 is 0 Å². The third-order valence-corrected chi connectivity index (χ3v) is 5.00. The molecule has 2 aliphatic rings. The molecule has 1 aromatic carbocycles. The second kappa shape index (κ2) is 7.93. The summed E-state index contributed by atoms with van der Waals surface area (Å²) >= 11 is 0. The summed E-state index contributed by atoms with van der Waals surface area (Å²) in [6, 6.07) is 10.1. The minimum Gasteiger partial charge on any atom is -0.409 e. The van der Waals surface area contributed by atoms with Crippen molar-refractivity contribution in [3.8, 4) is 5.75 Å². The number of pyridine rings is 1. The van der Waals surface area contributed by atoms with Gasteiger partial charge in [-0.1, -0.05) is 0 Å². The van der Waals surface area contributed by atoms with E-state index >= 15 is 0 Å². The summed E-state index contributed by atoms with van der Waals surface area (Å²) in [5.41, 5.74) is 5.04. The van der Waals surface area contributed by atoms with Gasteiger partial charge in [-0.15, -0.1) is 0 Å². The van der Waals surface area contributed by atoms with Crippen molar-refractivity contribution in [2.45, 2.75) is 25.8 Å². The molecule has 1 N–H and O–H groups in total. The van der Waals surface area contributed by atoms with E-state index in [0.717, 1.165) is 29.9 Å². The van der Waals surface area contributed by atoms with Crippen LogP contribution in [0.2, 0.25) is 0 Å². The van der Waals surface area contributed by atoms with Crippen molar-refractivity contribution in [3.63, 3.8) is 0 Å². The summed E-state index contributed by atoms with van der Waals surface area (Å²) in [5, 5.41) is 2.07. The molecule has 7 nitrogen and oxygen atoms in total. The van der Waals surface area contributed by atoms with Crippen molar-refractivity contribution in [3.05, 3.63) is 59.7 Å². The van der Waals surface area contributed by atoms with Gasteiger partial charge in [0.2, 0.25) is 0 Å². The van der Waals surface area contributed by atoms with Gasteiger partial charge in [-0.2, -0.15) is 5.01 Å². The number of benzene rings is 1.